The standard InChI is InChI=1S/C24H26ClNO5/c1-28-22-7-3-5-16(24(22)29-2)12-26(14-19-6-4-10-30-19)13-17-15-31-21-9-8-18(25)11-20(21)23(17)27/h3,5,7-9,11,15,19H,4,6,10,12-14H2,1-2H3. The molecule has 1 aliphatic heterocycles. The van der Waals surface area contributed by atoms with Crippen LogP contribution in [0, 0.1) is 0 Å². The van der Waals surface area contributed by atoms with E-state index >= 15 is 0 Å². The minimum absolute atomic E-state index is 0.0707. The van der Waals surface area contributed by atoms with Gasteiger partial charge in [0.2, 0.25) is 0 Å². The molecule has 1 atom stereocenters. The second kappa shape index (κ2) is 9.73. The summed E-state index contributed by atoms with van der Waals surface area (Å²) >= 11 is 6.10. The van der Waals surface area contributed by atoms with E-state index < -0.39 is 0 Å². The lowest BCUT2D eigenvalue weighted by Gasteiger charge is -2.26. The van der Waals surface area contributed by atoms with Gasteiger partial charge in [0.1, 0.15) is 5.58 Å². The van der Waals surface area contributed by atoms with Crippen LogP contribution in [0.25, 0.3) is 11.0 Å². The van der Waals surface area contributed by atoms with Gasteiger partial charge in [-0.1, -0.05) is 23.7 Å². The van der Waals surface area contributed by atoms with Crippen molar-refractivity contribution in [2.75, 3.05) is 27.4 Å². The number of para-hydroxylation sites is 1. The van der Waals surface area contributed by atoms with E-state index in [1.807, 2.05) is 18.2 Å². The van der Waals surface area contributed by atoms with E-state index in [1.54, 1.807) is 38.7 Å². The molecule has 1 fully saturated rings. The monoisotopic (exact) mass is 443 g/mol. The molecule has 31 heavy (non-hydrogen) atoms. The maximum atomic E-state index is 13.1. The molecule has 2 heterocycles. The highest BCUT2D eigenvalue weighted by Crippen LogP contribution is 2.32. The number of hydrogen-bond donors (Lipinski definition) is 0. The summed E-state index contributed by atoms with van der Waals surface area (Å²) in [4.78, 5) is 15.3. The van der Waals surface area contributed by atoms with E-state index in [4.69, 9.17) is 30.2 Å². The first-order valence-corrected chi connectivity index (χ1v) is 10.7. The Kier molecular flexibility index (Phi) is 6.80. The summed E-state index contributed by atoms with van der Waals surface area (Å²) in [5.41, 5.74) is 2.01. The van der Waals surface area contributed by atoms with Crippen LogP contribution >= 0.6 is 11.6 Å². The molecule has 1 saturated heterocycles. The molecule has 0 amide bonds. The Hall–Kier alpha value is -2.54. The van der Waals surface area contributed by atoms with Gasteiger partial charge in [-0.2, -0.15) is 0 Å². The lowest BCUT2D eigenvalue weighted by Crippen LogP contribution is -2.33. The fourth-order valence-corrected chi connectivity index (χ4v) is 4.25. The van der Waals surface area contributed by atoms with E-state index in [-0.39, 0.29) is 11.5 Å². The SMILES string of the molecule is COc1cccc(CN(Cc2coc3ccc(Cl)cc3c2=O)CC2CCCO2)c1OC. The maximum absolute atomic E-state index is 13.1. The number of nitrogens with zero attached hydrogens (tertiary/aromatic N) is 1. The average Bonchev–Trinajstić information content (AvgIpc) is 3.28. The van der Waals surface area contributed by atoms with Crippen LogP contribution in [0.5, 0.6) is 11.5 Å². The second-order valence-electron chi connectivity index (χ2n) is 7.69. The van der Waals surface area contributed by atoms with Crippen LogP contribution in [0.1, 0.15) is 24.0 Å². The highest BCUT2D eigenvalue weighted by atomic mass is 35.5. The Balaban J connectivity index is 1.65. The van der Waals surface area contributed by atoms with Gasteiger partial charge in [0, 0.05) is 42.4 Å². The first kappa shape index (κ1) is 21.7. The van der Waals surface area contributed by atoms with Gasteiger partial charge in [-0.3, -0.25) is 9.69 Å². The van der Waals surface area contributed by atoms with Crippen molar-refractivity contribution in [2.24, 2.45) is 0 Å². The highest BCUT2D eigenvalue weighted by Gasteiger charge is 2.22. The minimum atomic E-state index is -0.0707. The van der Waals surface area contributed by atoms with Crippen molar-refractivity contribution < 1.29 is 18.6 Å². The molecular formula is C24H26ClNO5. The zero-order chi connectivity index (χ0) is 21.8. The second-order valence-corrected chi connectivity index (χ2v) is 8.12. The van der Waals surface area contributed by atoms with E-state index in [9.17, 15) is 4.79 Å². The Morgan fingerprint density at radius 2 is 1.97 bits per heavy atom. The van der Waals surface area contributed by atoms with Crippen LogP contribution in [-0.4, -0.2) is 38.4 Å². The number of ether oxygens (including phenoxy) is 3. The molecule has 0 aliphatic carbocycles. The molecule has 0 saturated carbocycles. The summed E-state index contributed by atoms with van der Waals surface area (Å²) in [6.45, 7) is 2.48. The van der Waals surface area contributed by atoms with Crippen LogP contribution in [-0.2, 0) is 17.8 Å². The third-order valence-corrected chi connectivity index (χ3v) is 5.80. The Morgan fingerprint density at radius 1 is 1.13 bits per heavy atom. The van der Waals surface area contributed by atoms with Crippen molar-refractivity contribution >= 4 is 22.6 Å². The van der Waals surface area contributed by atoms with Gasteiger partial charge >= 0.3 is 0 Å². The predicted molar refractivity (Wildman–Crippen MR) is 120 cm³/mol. The van der Waals surface area contributed by atoms with Gasteiger partial charge < -0.3 is 18.6 Å². The topological polar surface area (TPSA) is 61.1 Å². The maximum Gasteiger partial charge on any atom is 0.197 e. The highest BCUT2D eigenvalue weighted by molar-refractivity contribution is 6.31. The van der Waals surface area contributed by atoms with Crippen molar-refractivity contribution in [3.8, 4) is 11.5 Å². The van der Waals surface area contributed by atoms with Gasteiger partial charge in [-0.05, 0) is 37.1 Å². The third-order valence-electron chi connectivity index (χ3n) is 5.56. The predicted octanol–water partition coefficient (Wildman–Crippen LogP) is 4.64. The third kappa shape index (κ3) is 4.87. The molecule has 4 rings (SSSR count). The van der Waals surface area contributed by atoms with E-state index in [1.165, 1.54) is 0 Å². The van der Waals surface area contributed by atoms with Crippen LogP contribution in [0.2, 0.25) is 5.02 Å². The summed E-state index contributed by atoms with van der Waals surface area (Å²) in [7, 11) is 3.25. The van der Waals surface area contributed by atoms with Crippen molar-refractivity contribution in [1.82, 2.24) is 4.90 Å². The number of hydrogen-bond acceptors (Lipinski definition) is 6. The summed E-state index contributed by atoms with van der Waals surface area (Å²) in [6.07, 6.45) is 3.74. The minimum Gasteiger partial charge on any atom is -0.493 e. The molecule has 3 aromatic rings. The molecule has 0 radical (unpaired) electrons. The lowest BCUT2D eigenvalue weighted by atomic mass is 10.1. The van der Waals surface area contributed by atoms with Gasteiger partial charge in [0.25, 0.3) is 0 Å². The number of fused-ring (bicyclic) bond motifs is 1. The van der Waals surface area contributed by atoms with Crippen molar-refractivity contribution in [2.45, 2.75) is 32.0 Å². The zero-order valence-corrected chi connectivity index (χ0v) is 18.5. The van der Waals surface area contributed by atoms with Gasteiger partial charge in [-0.25, -0.2) is 0 Å². The fraction of sp³-hybridized carbons (Fsp3) is 0.375. The average molecular weight is 444 g/mol. The van der Waals surface area contributed by atoms with E-state index in [0.717, 1.165) is 25.0 Å². The molecule has 1 aliphatic rings. The quantitative estimate of drug-likeness (QED) is 0.505. The van der Waals surface area contributed by atoms with Crippen molar-refractivity contribution in [3.63, 3.8) is 0 Å². The molecule has 1 unspecified atom stereocenters. The molecular weight excluding hydrogens is 418 g/mol. The summed E-state index contributed by atoms with van der Waals surface area (Å²) in [5.74, 6) is 1.37. The Bertz CT molecular complexity index is 1110. The van der Waals surface area contributed by atoms with Gasteiger partial charge in [0.05, 0.1) is 32.0 Å². The summed E-state index contributed by atoms with van der Waals surface area (Å²) in [5, 5.41) is 0.996. The smallest absolute Gasteiger partial charge is 0.197 e. The number of rotatable bonds is 8. The Labute approximate surface area is 186 Å². The normalized spacial score (nSPS) is 16.2. The molecule has 0 bridgehead atoms. The molecule has 2 aromatic carbocycles. The molecule has 164 valence electrons. The molecule has 0 spiro atoms. The van der Waals surface area contributed by atoms with Gasteiger partial charge in [0.15, 0.2) is 16.9 Å². The first-order valence-electron chi connectivity index (χ1n) is 10.3. The first-order chi connectivity index (χ1) is 15.1. The van der Waals surface area contributed by atoms with Crippen LogP contribution < -0.4 is 14.9 Å². The zero-order valence-electron chi connectivity index (χ0n) is 17.7. The fourth-order valence-electron chi connectivity index (χ4n) is 4.07. The summed E-state index contributed by atoms with van der Waals surface area (Å²) < 4.78 is 22.6. The van der Waals surface area contributed by atoms with Crippen molar-refractivity contribution in [3.05, 3.63) is 69.0 Å². The number of benzene rings is 2. The Morgan fingerprint density at radius 3 is 2.71 bits per heavy atom. The summed E-state index contributed by atoms with van der Waals surface area (Å²) in [6, 6.07) is 10.9. The lowest BCUT2D eigenvalue weighted by molar-refractivity contribution is 0.0673. The number of methoxy groups -OCH3 is 2. The van der Waals surface area contributed by atoms with Crippen LogP contribution in [0.4, 0.5) is 0 Å². The molecule has 0 N–H and O–H groups in total. The van der Waals surface area contributed by atoms with Crippen molar-refractivity contribution in [1.29, 1.82) is 0 Å². The molecule has 6 nitrogen and oxygen atoms in total. The number of halogens is 1. The largest absolute Gasteiger partial charge is 0.493 e. The van der Waals surface area contributed by atoms with Gasteiger partial charge in [-0.15, -0.1) is 0 Å². The van der Waals surface area contributed by atoms with E-state index in [0.29, 0.717) is 52.7 Å². The van der Waals surface area contributed by atoms with Crippen LogP contribution in [0.3, 0.4) is 0 Å². The molecule has 7 heteroatoms. The molecule has 1 aromatic heterocycles. The van der Waals surface area contributed by atoms with Crippen LogP contribution in [0.15, 0.2) is 51.9 Å². The van der Waals surface area contributed by atoms with E-state index in [2.05, 4.69) is 4.90 Å².